The molecule has 0 unspecified atom stereocenters. The highest BCUT2D eigenvalue weighted by atomic mass is 14.0. The second kappa shape index (κ2) is 15.9. The minimum atomic E-state index is 0. The van der Waals surface area contributed by atoms with Crippen molar-refractivity contribution >= 4 is 0 Å². The molecule has 6 N–H and O–H groups in total. The lowest BCUT2D eigenvalue weighted by atomic mass is 10.2. The van der Waals surface area contributed by atoms with E-state index in [1.54, 1.807) is 0 Å². The Labute approximate surface area is 64.9 Å². The summed E-state index contributed by atoms with van der Waals surface area (Å²) >= 11 is 0. The van der Waals surface area contributed by atoms with Gasteiger partial charge in [0.15, 0.2) is 0 Å². The minimum Gasteiger partial charge on any atom is -0.344 e. The Morgan fingerprint density at radius 1 is 1.10 bits per heavy atom. The Morgan fingerprint density at radius 2 is 1.70 bits per heavy atom. The number of hydrogen-bond donors (Lipinski definition) is 2. The summed E-state index contributed by atoms with van der Waals surface area (Å²) in [6.45, 7) is 5.89. The minimum absolute atomic E-state index is 0. The van der Waals surface area contributed by atoms with Crippen molar-refractivity contribution < 1.29 is 0 Å². The summed E-state index contributed by atoms with van der Waals surface area (Å²) in [5.74, 6) is 0. The molecule has 0 amide bonds. The highest BCUT2D eigenvalue weighted by Crippen LogP contribution is 2.01. The van der Waals surface area contributed by atoms with Gasteiger partial charge in [0.05, 0.1) is 0 Å². The van der Waals surface area contributed by atoms with Gasteiger partial charge in [0.1, 0.15) is 0 Å². The van der Waals surface area contributed by atoms with Gasteiger partial charge in [-0.1, -0.05) is 32.3 Å². The molecule has 0 atom stereocenters. The number of rotatable bonds is 5. The Morgan fingerprint density at radius 3 is 2.10 bits per heavy atom. The molecule has 0 aliphatic heterocycles. The molecule has 0 aliphatic rings. The van der Waals surface area contributed by atoms with Crippen molar-refractivity contribution in [2.24, 2.45) is 0 Å². The summed E-state index contributed by atoms with van der Waals surface area (Å²) in [5.41, 5.74) is 0. The van der Waals surface area contributed by atoms with E-state index in [0.29, 0.717) is 0 Å². The van der Waals surface area contributed by atoms with Crippen LogP contribution >= 0.6 is 0 Å². The van der Waals surface area contributed by atoms with Gasteiger partial charge in [0.2, 0.25) is 0 Å². The molecule has 2 nitrogen and oxygen atoms in total. The van der Waals surface area contributed by atoms with Crippen molar-refractivity contribution in [3.05, 3.63) is 12.7 Å². The van der Waals surface area contributed by atoms with E-state index >= 15 is 0 Å². The average Bonchev–Trinajstić information content (AvgIpc) is 1.81. The molecule has 0 heterocycles. The second-order valence-corrected chi connectivity index (χ2v) is 2.14. The lowest BCUT2D eigenvalue weighted by Crippen LogP contribution is -1.71. The maximum atomic E-state index is 3.66. The monoisotopic (exact) mass is 146 g/mol. The van der Waals surface area contributed by atoms with Crippen LogP contribution in [0, 0.1) is 0 Å². The topological polar surface area (TPSA) is 70.0 Å². The maximum absolute atomic E-state index is 3.66. The zero-order valence-electron chi connectivity index (χ0n) is 7.23. The van der Waals surface area contributed by atoms with E-state index in [0.717, 1.165) is 0 Å². The van der Waals surface area contributed by atoms with Gasteiger partial charge < -0.3 is 12.3 Å². The van der Waals surface area contributed by atoms with Crippen molar-refractivity contribution in [1.82, 2.24) is 12.3 Å². The molecule has 0 saturated heterocycles. The van der Waals surface area contributed by atoms with Gasteiger partial charge in [-0.2, -0.15) is 0 Å². The van der Waals surface area contributed by atoms with Gasteiger partial charge in [0, 0.05) is 0 Å². The van der Waals surface area contributed by atoms with Gasteiger partial charge in [-0.3, -0.25) is 0 Å². The van der Waals surface area contributed by atoms with Gasteiger partial charge in [-0.25, -0.2) is 0 Å². The zero-order valence-corrected chi connectivity index (χ0v) is 7.23. The lowest BCUT2D eigenvalue weighted by molar-refractivity contribution is 0.675. The summed E-state index contributed by atoms with van der Waals surface area (Å²) in [6, 6.07) is 0. The van der Waals surface area contributed by atoms with Gasteiger partial charge in [0.25, 0.3) is 0 Å². The van der Waals surface area contributed by atoms with E-state index in [9.17, 15) is 0 Å². The van der Waals surface area contributed by atoms with E-state index in [4.69, 9.17) is 0 Å². The fourth-order valence-corrected chi connectivity index (χ4v) is 0.715. The van der Waals surface area contributed by atoms with Crippen LogP contribution in [0.3, 0.4) is 0 Å². The van der Waals surface area contributed by atoms with Crippen LogP contribution in [-0.2, 0) is 0 Å². The van der Waals surface area contributed by atoms with E-state index < -0.39 is 0 Å². The van der Waals surface area contributed by atoms with E-state index in [1.165, 1.54) is 32.1 Å². The summed E-state index contributed by atoms with van der Waals surface area (Å²) < 4.78 is 0. The van der Waals surface area contributed by atoms with Crippen LogP contribution < -0.4 is 12.3 Å². The third-order valence-corrected chi connectivity index (χ3v) is 1.26. The quantitative estimate of drug-likeness (QED) is 0.460. The molecular formula is C8H22N2. The molecule has 0 bridgehead atoms. The molecular weight excluding hydrogens is 124 g/mol. The normalized spacial score (nSPS) is 7.30. The standard InChI is InChI=1S/C8H16.2H3N/c1-3-5-7-8-6-4-2;;/h3H,1,4-8H2,2H3;2*1H3. The molecule has 0 fully saturated rings. The highest BCUT2D eigenvalue weighted by Gasteiger charge is 1.81. The Bertz CT molecular complexity index is 53.2. The van der Waals surface area contributed by atoms with Crippen LogP contribution in [0.1, 0.15) is 39.0 Å². The smallest absolute Gasteiger partial charge is 0.0353 e. The first-order valence-electron chi connectivity index (χ1n) is 3.52. The van der Waals surface area contributed by atoms with E-state index in [2.05, 4.69) is 13.5 Å². The van der Waals surface area contributed by atoms with Crippen molar-refractivity contribution in [3.63, 3.8) is 0 Å². The van der Waals surface area contributed by atoms with Gasteiger partial charge in [-0.15, -0.1) is 6.58 Å². The SMILES string of the molecule is C=CCCCCCC.N.N. The van der Waals surface area contributed by atoms with Crippen LogP contribution in [0.5, 0.6) is 0 Å². The largest absolute Gasteiger partial charge is 0.344 e. The summed E-state index contributed by atoms with van der Waals surface area (Å²) in [7, 11) is 0. The lowest BCUT2D eigenvalue weighted by Gasteiger charge is -1.91. The molecule has 0 saturated carbocycles. The third-order valence-electron chi connectivity index (χ3n) is 1.26. The molecule has 64 valence electrons. The summed E-state index contributed by atoms with van der Waals surface area (Å²) in [6.07, 6.45) is 8.61. The molecule has 0 aromatic heterocycles. The predicted octanol–water partition coefficient (Wildman–Crippen LogP) is 3.47. The highest BCUT2D eigenvalue weighted by molar-refractivity contribution is 4.64. The van der Waals surface area contributed by atoms with E-state index in [1.807, 2.05) is 6.08 Å². The zero-order chi connectivity index (χ0) is 6.24. The number of hydrogen-bond acceptors (Lipinski definition) is 2. The molecule has 0 aromatic carbocycles. The van der Waals surface area contributed by atoms with Crippen LogP contribution in [0.15, 0.2) is 12.7 Å². The summed E-state index contributed by atoms with van der Waals surface area (Å²) in [5, 5.41) is 0. The first kappa shape index (κ1) is 16.3. The summed E-state index contributed by atoms with van der Waals surface area (Å²) in [4.78, 5) is 0. The van der Waals surface area contributed by atoms with Crippen LogP contribution in [0.4, 0.5) is 0 Å². The molecule has 0 spiro atoms. The molecule has 10 heavy (non-hydrogen) atoms. The van der Waals surface area contributed by atoms with Crippen LogP contribution in [0.2, 0.25) is 0 Å². The van der Waals surface area contributed by atoms with Gasteiger partial charge in [-0.05, 0) is 12.8 Å². The van der Waals surface area contributed by atoms with Crippen molar-refractivity contribution in [1.29, 1.82) is 0 Å². The Balaban J connectivity index is -0.000000245. The third kappa shape index (κ3) is 15.6. The molecule has 2 heteroatoms. The fourth-order valence-electron chi connectivity index (χ4n) is 0.715. The second-order valence-electron chi connectivity index (χ2n) is 2.14. The van der Waals surface area contributed by atoms with E-state index in [-0.39, 0.29) is 12.3 Å². The van der Waals surface area contributed by atoms with Crippen LogP contribution in [0.25, 0.3) is 0 Å². The molecule has 0 aromatic rings. The van der Waals surface area contributed by atoms with Crippen molar-refractivity contribution in [2.75, 3.05) is 0 Å². The number of allylic oxidation sites excluding steroid dienone is 1. The number of unbranched alkanes of at least 4 members (excludes halogenated alkanes) is 4. The van der Waals surface area contributed by atoms with Crippen LogP contribution in [-0.4, -0.2) is 0 Å². The fraction of sp³-hybridized carbons (Fsp3) is 0.750. The maximum Gasteiger partial charge on any atom is -0.0353 e. The van der Waals surface area contributed by atoms with Crippen molar-refractivity contribution in [2.45, 2.75) is 39.0 Å². The Kier molecular flexibility index (Phi) is 25.9. The predicted molar refractivity (Wildman–Crippen MR) is 49.0 cm³/mol. The molecule has 0 rings (SSSR count). The molecule has 0 aliphatic carbocycles. The first-order chi connectivity index (χ1) is 3.91. The first-order valence-corrected chi connectivity index (χ1v) is 3.52. The van der Waals surface area contributed by atoms with Gasteiger partial charge >= 0.3 is 0 Å². The Hall–Kier alpha value is -0.340. The average molecular weight is 146 g/mol. The molecule has 0 radical (unpaired) electrons. The van der Waals surface area contributed by atoms with Crippen molar-refractivity contribution in [3.8, 4) is 0 Å².